The van der Waals surface area contributed by atoms with Crippen LogP contribution in [-0.2, 0) is 19.6 Å². The molecule has 1 aromatic heterocycles. The van der Waals surface area contributed by atoms with Crippen molar-refractivity contribution in [2.75, 3.05) is 53.5 Å². The molecule has 34 heavy (non-hydrogen) atoms. The Morgan fingerprint density at radius 3 is 1.41 bits per heavy atom. The molecule has 4 rings (SSSR count). The molecule has 0 unspecified atom stereocenters. The van der Waals surface area contributed by atoms with Crippen LogP contribution in [0.2, 0.25) is 0 Å². The lowest BCUT2D eigenvalue weighted by Gasteiger charge is -2.26. The van der Waals surface area contributed by atoms with Gasteiger partial charge >= 0.3 is 0 Å². The molecule has 0 amide bonds. The molecule has 6 heteroatoms. The molecular weight excluding hydrogens is 424 g/mol. The summed E-state index contributed by atoms with van der Waals surface area (Å²) in [5.41, 5.74) is 3.77. The summed E-state index contributed by atoms with van der Waals surface area (Å²) < 4.78 is 10.7. The Hall–Kier alpha value is -2.93. The number of hydrogen-bond acceptors (Lipinski definition) is 6. The predicted octanol–water partition coefficient (Wildman–Crippen LogP) is 3.92. The van der Waals surface area contributed by atoms with Crippen molar-refractivity contribution in [2.24, 2.45) is 0 Å². The van der Waals surface area contributed by atoms with Gasteiger partial charge in [0.1, 0.15) is 11.5 Å². The summed E-state index contributed by atoms with van der Waals surface area (Å²) in [5.74, 6) is 1.81. The monoisotopic (exact) mass is 460 g/mol. The lowest BCUT2D eigenvalue weighted by Crippen LogP contribution is -2.35. The van der Waals surface area contributed by atoms with Crippen molar-refractivity contribution in [1.29, 1.82) is 0 Å². The highest BCUT2D eigenvalue weighted by molar-refractivity contribution is 5.28. The Balaban J connectivity index is 1.45. The molecule has 0 bridgehead atoms. The molecule has 1 aliphatic rings. The molecule has 0 N–H and O–H groups in total. The molecule has 2 heterocycles. The van der Waals surface area contributed by atoms with Crippen molar-refractivity contribution in [1.82, 2.24) is 19.7 Å². The first-order chi connectivity index (χ1) is 16.7. The van der Waals surface area contributed by atoms with Crippen LogP contribution < -0.4 is 9.47 Å². The number of nitrogens with zero attached hydrogens (tertiary/aromatic N) is 4. The zero-order chi connectivity index (χ0) is 23.6. The van der Waals surface area contributed by atoms with Crippen molar-refractivity contribution in [3.05, 3.63) is 89.7 Å². The van der Waals surface area contributed by atoms with Gasteiger partial charge in [-0.1, -0.05) is 30.3 Å². The average Bonchev–Trinajstić information content (AvgIpc) is 2.97. The Morgan fingerprint density at radius 1 is 0.588 bits per heavy atom. The SMILES string of the molecule is COc1ccc(CN2CCN(Cc3ccc(OC)cc3)CCN(Cc3ccccn3)CC2)cc1. The van der Waals surface area contributed by atoms with Crippen molar-refractivity contribution in [2.45, 2.75) is 19.6 Å². The molecule has 2 aromatic carbocycles. The molecule has 0 atom stereocenters. The lowest BCUT2D eigenvalue weighted by molar-refractivity contribution is 0.207. The highest BCUT2D eigenvalue weighted by atomic mass is 16.5. The van der Waals surface area contributed by atoms with Gasteiger partial charge in [0.2, 0.25) is 0 Å². The van der Waals surface area contributed by atoms with Crippen LogP contribution >= 0.6 is 0 Å². The standard InChI is InChI=1S/C28H36N4O2/c1-33-27-10-6-24(7-11-27)21-30-15-16-31(22-25-8-12-28(34-2)13-9-25)18-20-32(19-17-30)23-26-5-3-4-14-29-26/h3-14H,15-23H2,1-2H3. The van der Waals surface area contributed by atoms with Gasteiger partial charge in [-0.05, 0) is 47.5 Å². The van der Waals surface area contributed by atoms with Crippen molar-refractivity contribution < 1.29 is 9.47 Å². The zero-order valence-corrected chi connectivity index (χ0v) is 20.4. The van der Waals surface area contributed by atoms with E-state index in [-0.39, 0.29) is 0 Å². The number of pyridine rings is 1. The number of hydrogen-bond donors (Lipinski definition) is 0. The minimum atomic E-state index is 0.883. The average molecular weight is 461 g/mol. The summed E-state index contributed by atoms with van der Waals surface area (Å²) in [7, 11) is 3.43. The summed E-state index contributed by atoms with van der Waals surface area (Å²) in [6, 6.07) is 23.1. The first kappa shape index (κ1) is 24.2. The third-order valence-corrected chi connectivity index (χ3v) is 6.44. The number of benzene rings is 2. The smallest absolute Gasteiger partial charge is 0.118 e. The van der Waals surface area contributed by atoms with Gasteiger partial charge in [0, 0.05) is 65.1 Å². The fourth-order valence-corrected chi connectivity index (χ4v) is 4.36. The van der Waals surface area contributed by atoms with Gasteiger partial charge < -0.3 is 9.47 Å². The normalized spacial score (nSPS) is 16.4. The molecular formula is C28H36N4O2. The number of rotatable bonds is 8. The quantitative estimate of drug-likeness (QED) is 0.508. The van der Waals surface area contributed by atoms with E-state index in [0.717, 1.165) is 76.1 Å². The second-order valence-corrected chi connectivity index (χ2v) is 8.85. The van der Waals surface area contributed by atoms with Gasteiger partial charge in [-0.3, -0.25) is 19.7 Å². The third-order valence-electron chi connectivity index (χ3n) is 6.44. The molecule has 0 saturated carbocycles. The minimum Gasteiger partial charge on any atom is -0.497 e. The van der Waals surface area contributed by atoms with Gasteiger partial charge in [0.15, 0.2) is 0 Å². The second kappa shape index (κ2) is 12.5. The van der Waals surface area contributed by atoms with Crippen molar-refractivity contribution >= 4 is 0 Å². The van der Waals surface area contributed by atoms with Gasteiger partial charge in [0.25, 0.3) is 0 Å². The van der Waals surface area contributed by atoms with Crippen molar-refractivity contribution in [3.63, 3.8) is 0 Å². The second-order valence-electron chi connectivity index (χ2n) is 8.85. The zero-order valence-electron chi connectivity index (χ0n) is 20.4. The molecule has 1 aliphatic heterocycles. The van der Waals surface area contributed by atoms with Crippen LogP contribution in [0.15, 0.2) is 72.9 Å². The van der Waals surface area contributed by atoms with E-state index in [1.54, 1.807) is 14.2 Å². The summed E-state index contributed by atoms with van der Waals surface area (Å²) in [6.45, 7) is 8.99. The molecule has 0 spiro atoms. The molecule has 1 saturated heterocycles. The first-order valence-electron chi connectivity index (χ1n) is 12.0. The topological polar surface area (TPSA) is 41.1 Å². The molecule has 0 aliphatic carbocycles. The first-order valence-corrected chi connectivity index (χ1v) is 12.0. The summed E-state index contributed by atoms with van der Waals surface area (Å²) in [5, 5.41) is 0. The van der Waals surface area contributed by atoms with Gasteiger partial charge in [-0.25, -0.2) is 0 Å². The molecule has 6 nitrogen and oxygen atoms in total. The maximum Gasteiger partial charge on any atom is 0.118 e. The highest BCUT2D eigenvalue weighted by Gasteiger charge is 2.17. The Morgan fingerprint density at radius 2 is 1.03 bits per heavy atom. The van der Waals surface area contributed by atoms with E-state index in [9.17, 15) is 0 Å². The molecule has 180 valence electrons. The fourth-order valence-electron chi connectivity index (χ4n) is 4.36. The summed E-state index contributed by atoms with van der Waals surface area (Å²) >= 11 is 0. The molecule has 1 fully saturated rings. The van der Waals surface area contributed by atoms with E-state index in [1.165, 1.54) is 11.1 Å². The van der Waals surface area contributed by atoms with Gasteiger partial charge in [-0.15, -0.1) is 0 Å². The van der Waals surface area contributed by atoms with Crippen LogP contribution in [0, 0.1) is 0 Å². The van der Waals surface area contributed by atoms with E-state index in [4.69, 9.17) is 9.47 Å². The summed E-state index contributed by atoms with van der Waals surface area (Å²) in [4.78, 5) is 12.2. The van der Waals surface area contributed by atoms with Crippen LogP contribution in [-0.4, -0.2) is 73.2 Å². The van der Waals surface area contributed by atoms with E-state index >= 15 is 0 Å². The highest BCUT2D eigenvalue weighted by Crippen LogP contribution is 2.16. The van der Waals surface area contributed by atoms with E-state index < -0.39 is 0 Å². The van der Waals surface area contributed by atoms with Crippen LogP contribution in [0.4, 0.5) is 0 Å². The largest absolute Gasteiger partial charge is 0.497 e. The van der Waals surface area contributed by atoms with Crippen LogP contribution in [0.1, 0.15) is 16.8 Å². The number of methoxy groups -OCH3 is 2. The summed E-state index contributed by atoms with van der Waals surface area (Å²) in [6.07, 6.45) is 1.89. The van der Waals surface area contributed by atoms with Crippen LogP contribution in [0.5, 0.6) is 11.5 Å². The Bertz CT molecular complexity index is 918. The number of aromatic nitrogens is 1. The van der Waals surface area contributed by atoms with Crippen LogP contribution in [0.3, 0.4) is 0 Å². The lowest BCUT2D eigenvalue weighted by atomic mass is 10.2. The Labute approximate surface area is 203 Å². The Kier molecular flexibility index (Phi) is 8.90. The van der Waals surface area contributed by atoms with Gasteiger partial charge in [0.05, 0.1) is 19.9 Å². The number of ether oxygens (including phenoxy) is 2. The van der Waals surface area contributed by atoms with Gasteiger partial charge in [-0.2, -0.15) is 0 Å². The predicted molar refractivity (Wildman–Crippen MR) is 136 cm³/mol. The minimum absolute atomic E-state index is 0.883. The molecule has 3 aromatic rings. The fraction of sp³-hybridized carbons (Fsp3) is 0.393. The van der Waals surface area contributed by atoms with E-state index in [0.29, 0.717) is 0 Å². The maximum atomic E-state index is 5.33. The molecule has 0 radical (unpaired) electrons. The van der Waals surface area contributed by atoms with Crippen molar-refractivity contribution in [3.8, 4) is 11.5 Å². The third kappa shape index (κ3) is 7.29. The van der Waals surface area contributed by atoms with E-state index in [2.05, 4.69) is 80.3 Å². The van der Waals surface area contributed by atoms with E-state index in [1.807, 2.05) is 12.3 Å². The van der Waals surface area contributed by atoms with Crippen LogP contribution in [0.25, 0.3) is 0 Å². The maximum absolute atomic E-state index is 5.33.